The van der Waals surface area contributed by atoms with Crippen LogP contribution in [0.2, 0.25) is 0 Å². The van der Waals surface area contributed by atoms with E-state index >= 15 is 0 Å². The van der Waals surface area contributed by atoms with Crippen molar-refractivity contribution >= 4 is 10.4 Å². The molecule has 0 aliphatic rings. The number of ether oxygens (including phenoxy) is 1. The van der Waals surface area contributed by atoms with Gasteiger partial charge in [0.1, 0.15) is 25.7 Å². The number of aliphatic hydroxyl groups excluding tert-OH is 3. The summed E-state index contributed by atoms with van der Waals surface area (Å²) in [7, 11) is -1.65. The minimum Gasteiger partial charge on any atom is -0.726 e. The van der Waals surface area contributed by atoms with Gasteiger partial charge in [-0.25, -0.2) is 8.42 Å². The van der Waals surface area contributed by atoms with Gasteiger partial charge >= 0.3 is 0 Å². The first kappa shape index (κ1) is 38.8. The van der Waals surface area contributed by atoms with Crippen LogP contribution in [0, 0.1) is 0 Å². The van der Waals surface area contributed by atoms with Crippen LogP contribution in [0.5, 0.6) is 0 Å². The van der Waals surface area contributed by atoms with Crippen LogP contribution >= 0.6 is 0 Å². The Labute approximate surface area is 228 Å². The molecule has 9 nitrogen and oxygen atoms in total. The molecule has 0 aliphatic carbocycles. The van der Waals surface area contributed by atoms with Gasteiger partial charge in [-0.1, -0.05) is 103 Å². The molecule has 10 heteroatoms. The number of aliphatic hydroxyl groups is 3. The predicted octanol–water partition coefficient (Wildman–Crippen LogP) is 4.15. The fourth-order valence-electron chi connectivity index (χ4n) is 4.31. The topological polar surface area (TPSA) is 136 Å². The Balaban J connectivity index is 0. The summed E-state index contributed by atoms with van der Waals surface area (Å²) in [4.78, 5) is 0. The maximum Gasteiger partial charge on any atom is 0.217 e. The second-order valence-electron chi connectivity index (χ2n) is 10.3. The third-order valence-electron chi connectivity index (χ3n) is 6.59. The third-order valence-corrected chi connectivity index (χ3v) is 7.00. The van der Waals surface area contributed by atoms with Crippen molar-refractivity contribution in [2.24, 2.45) is 0 Å². The molecule has 0 saturated heterocycles. The van der Waals surface area contributed by atoms with E-state index in [0.29, 0.717) is 37.3 Å². The second kappa shape index (κ2) is 27.2. The predicted molar refractivity (Wildman–Crippen MR) is 148 cm³/mol. The van der Waals surface area contributed by atoms with Crippen LogP contribution in [0.15, 0.2) is 0 Å². The van der Waals surface area contributed by atoms with Gasteiger partial charge in [0, 0.05) is 6.61 Å². The van der Waals surface area contributed by atoms with Crippen LogP contribution in [0.1, 0.15) is 110 Å². The Bertz CT molecular complexity index is 557. The van der Waals surface area contributed by atoms with Crippen LogP contribution in [0.3, 0.4) is 0 Å². The summed E-state index contributed by atoms with van der Waals surface area (Å²) in [6.45, 7) is 5.02. The first-order chi connectivity index (χ1) is 17.6. The van der Waals surface area contributed by atoms with Gasteiger partial charge in [0.2, 0.25) is 10.4 Å². The van der Waals surface area contributed by atoms with E-state index in [9.17, 15) is 28.3 Å². The zero-order valence-corrected chi connectivity index (χ0v) is 24.9. The van der Waals surface area contributed by atoms with Crippen molar-refractivity contribution in [3.63, 3.8) is 0 Å². The van der Waals surface area contributed by atoms with E-state index in [1.807, 2.05) is 7.05 Å². The maximum atomic E-state index is 10.2. The molecule has 0 fully saturated rings. The summed E-state index contributed by atoms with van der Waals surface area (Å²) < 4.78 is 37.1. The molecule has 0 saturated carbocycles. The Morgan fingerprint density at radius 3 is 1.43 bits per heavy atom. The van der Waals surface area contributed by atoms with Gasteiger partial charge in [0.15, 0.2) is 0 Å². The third kappa shape index (κ3) is 31.8. The molecule has 1 unspecified atom stereocenters. The largest absolute Gasteiger partial charge is 0.726 e. The zero-order chi connectivity index (χ0) is 28.3. The molecule has 0 bridgehead atoms. The van der Waals surface area contributed by atoms with Crippen LogP contribution in [0.25, 0.3) is 0 Å². The van der Waals surface area contributed by atoms with Crippen molar-refractivity contribution < 1.29 is 41.7 Å². The van der Waals surface area contributed by atoms with Crippen molar-refractivity contribution in [2.75, 3.05) is 60.2 Å². The van der Waals surface area contributed by atoms with Gasteiger partial charge in [-0.3, -0.25) is 4.18 Å². The molecule has 37 heavy (non-hydrogen) atoms. The normalized spacial score (nSPS) is 12.8. The number of likely N-dealkylation sites (N-methyl/N-ethyl adjacent to an activating group) is 1. The summed E-state index contributed by atoms with van der Waals surface area (Å²) in [6, 6.07) is 0. The van der Waals surface area contributed by atoms with Gasteiger partial charge < -0.3 is 29.1 Å². The summed E-state index contributed by atoms with van der Waals surface area (Å²) in [5, 5.41) is 28.5. The van der Waals surface area contributed by atoms with Gasteiger partial charge in [0.25, 0.3) is 0 Å². The highest BCUT2D eigenvalue weighted by Gasteiger charge is 2.24. The van der Waals surface area contributed by atoms with Crippen LogP contribution in [0.4, 0.5) is 0 Å². The molecular weight excluding hydrogens is 498 g/mol. The monoisotopic (exact) mass is 557 g/mol. The number of nitrogens with zero attached hydrogens (tertiary/aromatic N) is 1. The molecule has 0 aromatic carbocycles. The molecule has 0 aromatic heterocycles. The summed E-state index contributed by atoms with van der Waals surface area (Å²) in [5.41, 5.74) is 0. The molecule has 1 atom stereocenters. The first-order valence-electron chi connectivity index (χ1n) is 14.5. The van der Waals surface area contributed by atoms with E-state index in [4.69, 9.17) is 4.74 Å². The van der Waals surface area contributed by atoms with Gasteiger partial charge in [-0.15, -0.1) is 0 Å². The minimum atomic E-state index is -4.41. The highest BCUT2D eigenvalue weighted by atomic mass is 32.3. The van der Waals surface area contributed by atoms with Crippen molar-refractivity contribution in [3.05, 3.63) is 0 Å². The molecule has 0 spiro atoms. The molecule has 0 rings (SSSR count). The molecule has 3 N–H and O–H groups in total. The maximum absolute atomic E-state index is 10.2. The SMILES string of the molecule is CCCCCCCCCCCCCCCCCCOCC(O)C[N+](C)(CCO)CCO.COS(=O)(=O)[O-]. The summed E-state index contributed by atoms with van der Waals surface area (Å²) in [6.07, 6.45) is 21.3. The van der Waals surface area contributed by atoms with E-state index in [-0.39, 0.29) is 13.2 Å². The fourth-order valence-corrected chi connectivity index (χ4v) is 4.31. The smallest absolute Gasteiger partial charge is 0.217 e. The van der Waals surface area contributed by atoms with E-state index < -0.39 is 16.5 Å². The molecular formula is C27H59NO8S. The fraction of sp³-hybridized carbons (Fsp3) is 1.00. The molecule has 0 aromatic rings. The van der Waals surface area contributed by atoms with Gasteiger partial charge in [0.05, 0.1) is 34.0 Å². The average Bonchev–Trinajstić information content (AvgIpc) is 2.83. The molecule has 0 amide bonds. The lowest BCUT2D eigenvalue weighted by atomic mass is 10.0. The quantitative estimate of drug-likeness (QED) is 0.0624. The van der Waals surface area contributed by atoms with E-state index in [1.165, 1.54) is 96.3 Å². The average molecular weight is 558 g/mol. The zero-order valence-electron chi connectivity index (χ0n) is 24.1. The van der Waals surface area contributed by atoms with E-state index in [1.54, 1.807) is 0 Å². The molecule has 226 valence electrons. The Morgan fingerprint density at radius 2 is 1.11 bits per heavy atom. The van der Waals surface area contributed by atoms with Crippen LogP contribution < -0.4 is 0 Å². The van der Waals surface area contributed by atoms with Crippen molar-refractivity contribution in [1.29, 1.82) is 0 Å². The molecule has 0 heterocycles. The lowest BCUT2D eigenvalue weighted by Gasteiger charge is -2.35. The number of hydrogen-bond acceptors (Lipinski definition) is 8. The van der Waals surface area contributed by atoms with Crippen molar-refractivity contribution in [1.82, 2.24) is 0 Å². The Hall–Kier alpha value is -0.330. The number of unbranched alkanes of at least 4 members (excludes halogenated alkanes) is 15. The van der Waals surface area contributed by atoms with Crippen molar-refractivity contribution in [2.45, 2.75) is 116 Å². The first-order valence-corrected chi connectivity index (χ1v) is 15.8. The van der Waals surface area contributed by atoms with Crippen molar-refractivity contribution in [3.8, 4) is 0 Å². The highest BCUT2D eigenvalue weighted by Crippen LogP contribution is 2.13. The van der Waals surface area contributed by atoms with Crippen LogP contribution in [-0.2, 0) is 19.3 Å². The number of quaternary nitrogens is 1. The Kier molecular flexibility index (Phi) is 28.6. The Morgan fingerprint density at radius 1 is 0.757 bits per heavy atom. The molecule has 0 aliphatic heterocycles. The molecule has 0 radical (unpaired) electrons. The summed E-state index contributed by atoms with van der Waals surface area (Å²) >= 11 is 0. The second-order valence-corrected chi connectivity index (χ2v) is 11.5. The standard InChI is InChI=1S/C26H56NO4.CH4O4S/c1-3-4-5-6-7-8-9-10-11-12-13-14-15-16-17-18-23-31-25-26(30)24-27(2,19-21-28)20-22-29;1-5-6(2,3)4/h26,28-30H,3-25H2,1-2H3;1H3,(H,2,3,4)/q+1;/p-1. The minimum absolute atomic E-state index is 0.0588. The van der Waals surface area contributed by atoms with E-state index in [0.717, 1.165) is 13.5 Å². The number of hydrogen-bond donors (Lipinski definition) is 3. The highest BCUT2D eigenvalue weighted by molar-refractivity contribution is 7.80. The van der Waals surface area contributed by atoms with Crippen LogP contribution in [-0.4, -0.2) is 99.1 Å². The summed E-state index contributed by atoms with van der Waals surface area (Å²) in [5.74, 6) is 0. The van der Waals surface area contributed by atoms with Gasteiger partial charge in [-0.05, 0) is 6.42 Å². The van der Waals surface area contributed by atoms with E-state index in [2.05, 4.69) is 11.1 Å². The number of rotatable bonds is 26. The lowest BCUT2D eigenvalue weighted by molar-refractivity contribution is -0.913. The lowest BCUT2D eigenvalue weighted by Crippen LogP contribution is -2.52. The van der Waals surface area contributed by atoms with Gasteiger partial charge in [-0.2, -0.15) is 0 Å².